The van der Waals surface area contributed by atoms with E-state index in [0.717, 1.165) is 17.0 Å². The Bertz CT molecular complexity index is 517. The molecule has 112 valence electrons. The SMILES string of the molecule is Cc1cnc(CNCC(O)COCc2ccccc2)cn1. The number of aliphatic hydroxyl groups is 1. The molecule has 0 spiro atoms. The van der Waals surface area contributed by atoms with Crippen molar-refractivity contribution in [3.63, 3.8) is 0 Å². The third-order valence-electron chi connectivity index (χ3n) is 2.94. The number of hydrogen-bond acceptors (Lipinski definition) is 5. The minimum Gasteiger partial charge on any atom is -0.389 e. The van der Waals surface area contributed by atoms with E-state index in [9.17, 15) is 5.11 Å². The molecule has 0 bridgehead atoms. The number of aromatic nitrogens is 2. The second-order valence-electron chi connectivity index (χ2n) is 4.93. The molecule has 0 amide bonds. The average Bonchev–Trinajstić information content (AvgIpc) is 2.50. The van der Waals surface area contributed by atoms with Gasteiger partial charge in [0.15, 0.2) is 0 Å². The van der Waals surface area contributed by atoms with Gasteiger partial charge in [-0.3, -0.25) is 9.97 Å². The zero-order valence-electron chi connectivity index (χ0n) is 12.2. The normalized spacial score (nSPS) is 12.3. The number of ether oxygens (including phenoxy) is 1. The number of hydrogen-bond donors (Lipinski definition) is 2. The van der Waals surface area contributed by atoms with Crippen LogP contribution in [0.4, 0.5) is 0 Å². The van der Waals surface area contributed by atoms with Gasteiger partial charge >= 0.3 is 0 Å². The summed E-state index contributed by atoms with van der Waals surface area (Å²) >= 11 is 0. The molecule has 1 unspecified atom stereocenters. The molecule has 21 heavy (non-hydrogen) atoms. The van der Waals surface area contributed by atoms with Gasteiger partial charge in [-0.1, -0.05) is 30.3 Å². The molecule has 1 heterocycles. The lowest BCUT2D eigenvalue weighted by molar-refractivity contribution is 0.0287. The topological polar surface area (TPSA) is 67.3 Å². The highest BCUT2D eigenvalue weighted by atomic mass is 16.5. The lowest BCUT2D eigenvalue weighted by atomic mass is 10.2. The van der Waals surface area contributed by atoms with Crippen molar-refractivity contribution in [1.82, 2.24) is 15.3 Å². The predicted molar refractivity (Wildman–Crippen MR) is 80.6 cm³/mol. The van der Waals surface area contributed by atoms with Crippen molar-refractivity contribution in [3.05, 3.63) is 59.7 Å². The molecule has 2 N–H and O–H groups in total. The van der Waals surface area contributed by atoms with E-state index in [1.807, 2.05) is 37.3 Å². The molecule has 2 rings (SSSR count). The van der Waals surface area contributed by atoms with E-state index < -0.39 is 6.10 Å². The van der Waals surface area contributed by atoms with Gasteiger partial charge in [-0.25, -0.2) is 0 Å². The minimum atomic E-state index is -0.535. The Morgan fingerprint density at radius 2 is 2.00 bits per heavy atom. The Hall–Kier alpha value is -1.82. The zero-order chi connectivity index (χ0) is 14.9. The molecule has 0 saturated heterocycles. The highest BCUT2D eigenvalue weighted by molar-refractivity contribution is 5.13. The van der Waals surface area contributed by atoms with E-state index in [0.29, 0.717) is 26.3 Å². The maximum Gasteiger partial charge on any atom is 0.0897 e. The summed E-state index contributed by atoms with van der Waals surface area (Å²) in [6, 6.07) is 9.91. The van der Waals surface area contributed by atoms with E-state index in [1.165, 1.54) is 0 Å². The molecule has 1 atom stereocenters. The number of nitrogens with one attached hydrogen (secondary N) is 1. The molecule has 2 aromatic rings. The van der Waals surface area contributed by atoms with Crippen LogP contribution in [-0.4, -0.2) is 34.3 Å². The number of nitrogens with zero attached hydrogens (tertiary/aromatic N) is 2. The molecule has 0 saturated carbocycles. The number of rotatable bonds is 8. The summed E-state index contributed by atoms with van der Waals surface area (Å²) in [7, 11) is 0. The van der Waals surface area contributed by atoms with Crippen LogP contribution < -0.4 is 5.32 Å². The van der Waals surface area contributed by atoms with E-state index >= 15 is 0 Å². The molecular weight excluding hydrogens is 266 g/mol. The highest BCUT2D eigenvalue weighted by Crippen LogP contribution is 2.01. The Morgan fingerprint density at radius 3 is 2.71 bits per heavy atom. The van der Waals surface area contributed by atoms with Crippen LogP contribution in [-0.2, 0) is 17.9 Å². The summed E-state index contributed by atoms with van der Waals surface area (Å²) in [4.78, 5) is 8.41. The number of benzene rings is 1. The van der Waals surface area contributed by atoms with Crippen molar-refractivity contribution in [2.24, 2.45) is 0 Å². The first-order chi connectivity index (χ1) is 10.2. The van der Waals surface area contributed by atoms with Gasteiger partial charge < -0.3 is 15.2 Å². The monoisotopic (exact) mass is 287 g/mol. The van der Waals surface area contributed by atoms with Crippen LogP contribution in [0.15, 0.2) is 42.7 Å². The fourth-order valence-corrected chi connectivity index (χ4v) is 1.82. The minimum absolute atomic E-state index is 0.307. The van der Waals surface area contributed by atoms with Crippen LogP contribution in [0.2, 0.25) is 0 Å². The van der Waals surface area contributed by atoms with Gasteiger partial charge in [-0.05, 0) is 12.5 Å². The Kier molecular flexibility index (Phi) is 6.27. The van der Waals surface area contributed by atoms with Crippen molar-refractivity contribution in [1.29, 1.82) is 0 Å². The van der Waals surface area contributed by atoms with Crippen molar-refractivity contribution in [3.8, 4) is 0 Å². The van der Waals surface area contributed by atoms with E-state index in [4.69, 9.17) is 4.74 Å². The molecule has 0 radical (unpaired) electrons. The summed E-state index contributed by atoms with van der Waals surface area (Å²) in [6.45, 7) is 3.77. The molecule has 0 aliphatic rings. The van der Waals surface area contributed by atoms with Gasteiger partial charge in [-0.2, -0.15) is 0 Å². The molecule has 1 aromatic carbocycles. The first-order valence-electron chi connectivity index (χ1n) is 7.02. The van der Waals surface area contributed by atoms with Gasteiger partial charge in [-0.15, -0.1) is 0 Å². The maximum absolute atomic E-state index is 9.83. The van der Waals surface area contributed by atoms with Gasteiger partial charge in [0.05, 0.1) is 30.7 Å². The van der Waals surface area contributed by atoms with Crippen LogP contribution in [0, 0.1) is 6.92 Å². The number of aliphatic hydroxyl groups excluding tert-OH is 1. The summed E-state index contributed by atoms with van der Waals surface area (Å²) in [5, 5.41) is 13.0. The lowest BCUT2D eigenvalue weighted by Gasteiger charge is -2.12. The van der Waals surface area contributed by atoms with Crippen LogP contribution in [0.5, 0.6) is 0 Å². The Labute approximate surface area is 125 Å². The van der Waals surface area contributed by atoms with E-state index in [2.05, 4.69) is 15.3 Å². The van der Waals surface area contributed by atoms with Gasteiger partial charge in [0.25, 0.3) is 0 Å². The molecule has 1 aromatic heterocycles. The number of aryl methyl sites for hydroxylation is 1. The second-order valence-corrected chi connectivity index (χ2v) is 4.93. The van der Waals surface area contributed by atoms with E-state index in [-0.39, 0.29) is 0 Å². The highest BCUT2D eigenvalue weighted by Gasteiger charge is 2.04. The first kappa shape index (κ1) is 15.6. The first-order valence-corrected chi connectivity index (χ1v) is 7.02. The van der Waals surface area contributed by atoms with Gasteiger partial charge in [0.2, 0.25) is 0 Å². The molecule has 0 fully saturated rings. The zero-order valence-corrected chi connectivity index (χ0v) is 12.2. The van der Waals surface area contributed by atoms with Gasteiger partial charge in [0.1, 0.15) is 0 Å². The summed E-state index contributed by atoms with van der Waals surface area (Å²) < 4.78 is 5.48. The van der Waals surface area contributed by atoms with Crippen LogP contribution in [0.25, 0.3) is 0 Å². The molecule has 5 heteroatoms. The lowest BCUT2D eigenvalue weighted by Crippen LogP contribution is -2.30. The second kappa shape index (κ2) is 8.46. The van der Waals surface area contributed by atoms with Crippen molar-refractivity contribution in [2.45, 2.75) is 26.2 Å². The third-order valence-corrected chi connectivity index (χ3v) is 2.94. The summed E-state index contributed by atoms with van der Waals surface area (Å²) in [5.74, 6) is 0. The maximum atomic E-state index is 9.83. The van der Waals surface area contributed by atoms with Crippen LogP contribution >= 0.6 is 0 Å². The third kappa shape index (κ3) is 5.99. The quantitative estimate of drug-likeness (QED) is 0.769. The molecule has 5 nitrogen and oxygen atoms in total. The largest absolute Gasteiger partial charge is 0.389 e. The molecular formula is C16H21N3O2. The van der Waals surface area contributed by atoms with Crippen LogP contribution in [0.1, 0.15) is 17.0 Å². The van der Waals surface area contributed by atoms with Gasteiger partial charge in [0, 0.05) is 25.5 Å². The fourth-order valence-electron chi connectivity index (χ4n) is 1.82. The predicted octanol–water partition coefficient (Wildman–Crippen LogP) is 1.45. The Balaban J connectivity index is 1.59. The van der Waals surface area contributed by atoms with Crippen molar-refractivity contribution in [2.75, 3.05) is 13.2 Å². The van der Waals surface area contributed by atoms with Crippen molar-refractivity contribution < 1.29 is 9.84 Å². The average molecular weight is 287 g/mol. The smallest absolute Gasteiger partial charge is 0.0897 e. The van der Waals surface area contributed by atoms with E-state index in [1.54, 1.807) is 12.4 Å². The van der Waals surface area contributed by atoms with Crippen LogP contribution in [0.3, 0.4) is 0 Å². The fraction of sp³-hybridized carbons (Fsp3) is 0.375. The molecule has 0 aliphatic heterocycles. The van der Waals surface area contributed by atoms with Crippen molar-refractivity contribution >= 4 is 0 Å². The Morgan fingerprint density at radius 1 is 1.19 bits per heavy atom. The summed E-state index contributed by atoms with van der Waals surface area (Å²) in [6.07, 6.45) is 2.93. The molecule has 0 aliphatic carbocycles. The summed E-state index contributed by atoms with van der Waals surface area (Å²) in [5.41, 5.74) is 2.86. The standard InChI is InChI=1S/C16H21N3O2/c1-13-7-19-15(9-18-13)8-17-10-16(20)12-21-11-14-5-3-2-4-6-14/h2-7,9,16-17,20H,8,10-12H2,1H3.